The van der Waals surface area contributed by atoms with E-state index in [4.69, 9.17) is 14.2 Å². The summed E-state index contributed by atoms with van der Waals surface area (Å²) >= 11 is 0. The maximum absolute atomic E-state index is 11.2. The van der Waals surface area contributed by atoms with E-state index in [9.17, 15) is 4.79 Å². The van der Waals surface area contributed by atoms with Crippen molar-refractivity contribution in [2.24, 2.45) is 0 Å². The van der Waals surface area contributed by atoms with E-state index in [0.717, 1.165) is 12.8 Å². The Morgan fingerprint density at radius 2 is 2.14 bits per heavy atom. The van der Waals surface area contributed by atoms with E-state index in [1.54, 1.807) is 7.11 Å². The third-order valence-corrected chi connectivity index (χ3v) is 2.22. The van der Waals surface area contributed by atoms with Crippen LogP contribution in [0.5, 0.6) is 0 Å². The van der Waals surface area contributed by atoms with Crippen LogP contribution >= 0.6 is 0 Å². The molecular formula is C10H18O4. The molecule has 1 heterocycles. The molecule has 4 heteroatoms. The van der Waals surface area contributed by atoms with Crippen molar-refractivity contribution < 1.29 is 19.0 Å². The molecule has 0 bridgehead atoms. The van der Waals surface area contributed by atoms with Crippen molar-refractivity contribution >= 4 is 5.97 Å². The number of rotatable bonds is 4. The first-order valence-corrected chi connectivity index (χ1v) is 5.06. The van der Waals surface area contributed by atoms with Gasteiger partial charge in [0, 0.05) is 20.0 Å². The quantitative estimate of drug-likeness (QED) is 0.641. The molecular weight excluding hydrogens is 184 g/mol. The lowest BCUT2D eigenvalue weighted by atomic mass is 10.1. The van der Waals surface area contributed by atoms with Crippen LogP contribution in [-0.4, -0.2) is 38.5 Å². The van der Waals surface area contributed by atoms with Crippen molar-refractivity contribution in [1.82, 2.24) is 0 Å². The van der Waals surface area contributed by atoms with E-state index in [1.807, 2.05) is 6.92 Å². The van der Waals surface area contributed by atoms with Gasteiger partial charge in [0.05, 0.1) is 19.3 Å². The standard InChI is InChI=1S/C10H18O4/c1-3-4-10(11)14-9-5-8(12-2)6-13-7-9/h8-9H,3-7H2,1-2H3/t8?,9-/m0/s1. The Balaban J connectivity index is 2.26. The highest BCUT2D eigenvalue weighted by molar-refractivity contribution is 5.69. The number of esters is 1. The van der Waals surface area contributed by atoms with Gasteiger partial charge in [-0.15, -0.1) is 0 Å². The molecule has 0 aromatic rings. The van der Waals surface area contributed by atoms with Gasteiger partial charge in [-0.2, -0.15) is 0 Å². The highest BCUT2D eigenvalue weighted by Crippen LogP contribution is 2.14. The SMILES string of the molecule is CCCC(=O)O[C@@H]1COCC(OC)C1. The fourth-order valence-corrected chi connectivity index (χ4v) is 1.46. The average Bonchev–Trinajstić information content (AvgIpc) is 2.18. The molecule has 1 unspecified atom stereocenters. The van der Waals surface area contributed by atoms with Gasteiger partial charge in [-0.3, -0.25) is 4.79 Å². The second-order valence-corrected chi connectivity index (χ2v) is 3.49. The number of carbonyl (C=O) groups excluding carboxylic acids is 1. The molecule has 82 valence electrons. The molecule has 4 nitrogen and oxygen atoms in total. The Labute approximate surface area is 84.5 Å². The van der Waals surface area contributed by atoms with Gasteiger partial charge < -0.3 is 14.2 Å². The predicted molar refractivity (Wildman–Crippen MR) is 51.0 cm³/mol. The zero-order valence-electron chi connectivity index (χ0n) is 8.82. The van der Waals surface area contributed by atoms with Crippen LogP contribution in [0.1, 0.15) is 26.2 Å². The van der Waals surface area contributed by atoms with Crippen LogP contribution in [0.25, 0.3) is 0 Å². The van der Waals surface area contributed by atoms with Crippen LogP contribution in [0.3, 0.4) is 0 Å². The normalized spacial score (nSPS) is 27.3. The summed E-state index contributed by atoms with van der Waals surface area (Å²) < 4.78 is 15.6. The summed E-state index contributed by atoms with van der Waals surface area (Å²) in [5.74, 6) is -0.141. The Hall–Kier alpha value is -0.610. The molecule has 0 aliphatic carbocycles. The van der Waals surface area contributed by atoms with Crippen molar-refractivity contribution in [2.45, 2.75) is 38.4 Å². The number of carbonyl (C=O) groups is 1. The number of hydrogen-bond donors (Lipinski definition) is 0. The van der Waals surface area contributed by atoms with E-state index in [1.165, 1.54) is 0 Å². The molecule has 14 heavy (non-hydrogen) atoms. The van der Waals surface area contributed by atoms with E-state index in [2.05, 4.69) is 0 Å². The summed E-state index contributed by atoms with van der Waals surface area (Å²) in [5.41, 5.74) is 0. The van der Waals surface area contributed by atoms with Gasteiger partial charge in [0.2, 0.25) is 0 Å². The second kappa shape index (κ2) is 5.98. The Bertz CT molecular complexity index is 181. The molecule has 1 aliphatic heterocycles. The molecule has 0 saturated carbocycles. The van der Waals surface area contributed by atoms with E-state index >= 15 is 0 Å². The van der Waals surface area contributed by atoms with Crippen molar-refractivity contribution in [2.75, 3.05) is 20.3 Å². The van der Waals surface area contributed by atoms with Crippen molar-refractivity contribution in [3.63, 3.8) is 0 Å². The lowest BCUT2D eigenvalue weighted by Crippen LogP contribution is -2.37. The van der Waals surface area contributed by atoms with E-state index in [-0.39, 0.29) is 18.2 Å². The topological polar surface area (TPSA) is 44.8 Å². The molecule has 1 fully saturated rings. The van der Waals surface area contributed by atoms with Crippen LogP contribution in [0.4, 0.5) is 0 Å². The minimum absolute atomic E-state index is 0.0585. The van der Waals surface area contributed by atoms with Gasteiger partial charge in [0.15, 0.2) is 0 Å². The number of ether oxygens (including phenoxy) is 3. The molecule has 1 aliphatic rings. The molecule has 0 aromatic carbocycles. The summed E-state index contributed by atoms with van der Waals surface area (Å²) in [5, 5.41) is 0. The molecule has 0 spiro atoms. The smallest absolute Gasteiger partial charge is 0.306 e. The summed E-state index contributed by atoms with van der Waals surface area (Å²) in [6.07, 6.45) is 1.97. The van der Waals surface area contributed by atoms with Crippen LogP contribution < -0.4 is 0 Å². The van der Waals surface area contributed by atoms with E-state index < -0.39 is 0 Å². The first kappa shape index (κ1) is 11.5. The summed E-state index contributed by atoms with van der Waals surface area (Å²) in [6.45, 7) is 3.05. The predicted octanol–water partition coefficient (Wildman–Crippen LogP) is 1.13. The molecule has 0 N–H and O–H groups in total. The molecule has 2 atom stereocenters. The Morgan fingerprint density at radius 1 is 1.43 bits per heavy atom. The van der Waals surface area contributed by atoms with Crippen LogP contribution in [0.15, 0.2) is 0 Å². The highest BCUT2D eigenvalue weighted by Gasteiger charge is 2.24. The Morgan fingerprint density at radius 3 is 2.79 bits per heavy atom. The first-order valence-electron chi connectivity index (χ1n) is 5.06. The largest absolute Gasteiger partial charge is 0.460 e. The van der Waals surface area contributed by atoms with Gasteiger partial charge in [-0.1, -0.05) is 6.92 Å². The summed E-state index contributed by atoms with van der Waals surface area (Å²) in [7, 11) is 1.64. The lowest BCUT2D eigenvalue weighted by molar-refractivity contribution is -0.162. The van der Waals surface area contributed by atoms with Crippen LogP contribution in [0.2, 0.25) is 0 Å². The number of hydrogen-bond acceptors (Lipinski definition) is 4. The second-order valence-electron chi connectivity index (χ2n) is 3.49. The van der Waals surface area contributed by atoms with Crippen LogP contribution in [-0.2, 0) is 19.0 Å². The number of methoxy groups -OCH3 is 1. The van der Waals surface area contributed by atoms with E-state index in [0.29, 0.717) is 19.6 Å². The molecule has 1 rings (SSSR count). The Kier molecular flexibility index (Phi) is 4.90. The fourth-order valence-electron chi connectivity index (χ4n) is 1.46. The van der Waals surface area contributed by atoms with Gasteiger partial charge >= 0.3 is 5.97 Å². The monoisotopic (exact) mass is 202 g/mol. The molecule has 0 aromatic heterocycles. The maximum atomic E-state index is 11.2. The van der Waals surface area contributed by atoms with Gasteiger partial charge in [-0.05, 0) is 6.42 Å². The highest BCUT2D eigenvalue weighted by atomic mass is 16.6. The average molecular weight is 202 g/mol. The zero-order valence-corrected chi connectivity index (χ0v) is 8.82. The van der Waals surface area contributed by atoms with Crippen LogP contribution in [0, 0.1) is 0 Å². The molecule has 0 amide bonds. The third-order valence-electron chi connectivity index (χ3n) is 2.22. The van der Waals surface area contributed by atoms with Gasteiger partial charge in [0.1, 0.15) is 6.10 Å². The van der Waals surface area contributed by atoms with Crippen molar-refractivity contribution in [3.05, 3.63) is 0 Å². The summed E-state index contributed by atoms with van der Waals surface area (Å²) in [6, 6.07) is 0. The van der Waals surface area contributed by atoms with Gasteiger partial charge in [0.25, 0.3) is 0 Å². The minimum Gasteiger partial charge on any atom is -0.460 e. The summed E-state index contributed by atoms with van der Waals surface area (Å²) in [4.78, 5) is 11.2. The zero-order chi connectivity index (χ0) is 10.4. The molecule has 1 saturated heterocycles. The maximum Gasteiger partial charge on any atom is 0.306 e. The lowest BCUT2D eigenvalue weighted by Gasteiger charge is -2.28. The minimum atomic E-state index is -0.141. The first-order chi connectivity index (χ1) is 6.76. The fraction of sp³-hybridized carbons (Fsp3) is 0.900. The van der Waals surface area contributed by atoms with Crippen molar-refractivity contribution in [3.8, 4) is 0 Å². The molecule has 0 radical (unpaired) electrons. The third kappa shape index (κ3) is 3.64. The van der Waals surface area contributed by atoms with Gasteiger partial charge in [-0.25, -0.2) is 0 Å². The van der Waals surface area contributed by atoms with Crippen molar-refractivity contribution in [1.29, 1.82) is 0 Å².